The number of carbonyl (C=O) groups excluding carboxylic acids is 3. The van der Waals surface area contributed by atoms with Crippen LogP contribution in [0.1, 0.15) is 57.9 Å². The van der Waals surface area contributed by atoms with Crippen LogP contribution in [0.15, 0.2) is 43.5 Å². The van der Waals surface area contributed by atoms with Gasteiger partial charge in [-0.1, -0.05) is 42.8 Å². The van der Waals surface area contributed by atoms with E-state index >= 15 is 0 Å². The minimum atomic E-state index is -1.23. The van der Waals surface area contributed by atoms with Gasteiger partial charge < -0.3 is 24.4 Å². The van der Waals surface area contributed by atoms with Gasteiger partial charge in [-0.05, 0) is 64.0 Å². The molecule has 1 aromatic carbocycles. The van der Waals surface area contributed by atoms with Crippen molar-refractivity contribution in [2.24, 2.45) is 11.8 Å². The zero-order chi connectivity index (χ0) is 29.2. The van der Waals surface area contributed by atoms with Crippen molar-refractivity contribution < 1.29 is 29.0 Å². The molecule has 2 amide bonds. The number of aliphatic hydroxyl groups excluding tert-OH is 1. The minimum absolute atomic E-state index is 0.159. The van der Waals surface area contributed by atoms with Gasteiger partial charge >= 0.3 is 5.97 Å². The second kappa shape index (κ2) is 12.0. The van der Waals surface area contributed by atoms with E-state index < -0.39 is 41.1 Å². The average Bonchev–Trinajstić information content (AvgIpc) is 3.49. The molecule has 8 nitrogen and oxygen atoms in total. The van der Waals surface area contributed by atoms with Crippen molar-refractivity contribution in [2.75, 3.05) is 24.7 Å². The Bertz CT molecular complexity index is 1150. The maximum Gasteiger partial charge on any atom is 0.312 e. The van der Waals surface area contributed by atoms with E-state index in [-0.39, 0.29) is 31.6 Å². The summed E-state index contributed by atoms with van der Waals surface area (Å²) in [6.45, 7) is 13.2. The predicted octanol–water partition coefficient (Wildman–Crippen LogP) is 4.60. The Morgan fingerprint density at radius 1 is 1.30 bits per heavy atom. The molecular weight excluding hydrogens is 532 g/mol. The second-order valence-electron chi connectivity index (χ2n) is 11.3. The number of nitrogens with zero attached hydrogens (tertiary/aromatic N) is 2. The third-order valence-corrected chi connectivity index (χ3v) is 9.17. The third-order valence-electron chi connectivity index (χ3n) is 8.86. The van der Waals surface area contributed by atoms with Gasteiger partial charge in [-0.25, -0.2) is 0 Å². The molecule has 3 saturated heterocycles. The monoisotopic (exact) mass is 572 g/mol. The van der Waals surface area contributed by atoms with Crippen LogP contribution in [0.25, 0.3) is 0 Å². The molecule has 2 bridgehead atoms. The fourth-order valence-electron chi connectivity index (χ4n) is 6.99. The number of aliphatic hydroxyl groups is 1. The topological polar surface area (TPSA) is 96.4 Å². The van der Waals surface area contributed by atoms with Crippen molar-refractivity contribution in [1.82, 2.24) is 4.90 Å². The summed E-state index contributed by atoms with van der Waals surface area (Å²) in [4.78, 5) is 45.5. The largest absolute Gasteiger partial charge is 0.465 e. The lowest BCUT2D eigenvalue weighted by atomic mass is 9.66. The Kier molecular flexibility index (Phi) is 9.12. The zero-order valence-corrected chi connectivity index (χ0v) is 24.5. The summed E-state index contributed by atoms with van der Waals surface area (Å²) in [6.07, 6.45) is 7.17. The maximum atomic E-state index is 14.7. The highest BCUT2D eigenvalue weighted by Crippen LogP contribution is 2.64. The van der Waals surface area contributed by atoms with Crippen LogP contribution >= 0.6 is 11.6 Å². The summed E-state index contributed by atoms with van der Waals surface area (Å²) in [5.41, 5.74) is -0.837. The van der Waals surface area contributed by atoms with Crippen LogP contribution in [0.5, 0.6) is 0 Å². The summed E-state index contributed by atoms with van der Waals surface area (Å²) in [5, 5.41) is 10.7. The van der Waals surface area contributed by atoms with Crippen LogP contribution in [-0.2, 0) is 23.9 Å². The van der Waals surface area contributed by atoms with Gasteiger partial charge in [0.05, 0.1) is 41.5 Å². The highest BCUT2D eigenvalue weighted by atomic mass is 35.5. The molecule has 3 fully saturated rings. The molecule has 3 aliphatic rings. The molecule has 0 aliphatic carbocycles. The Balaban J connectivity index is 1.77. The molecule has 0 aromatic heterocycles. The number of aryl methyl sites for hydroxylation is 1. The summed E-state index contributed by atoms with van der Waals surface area (Å²) < 4.78 is 12.4. The van der Waals surface area contributed by atoms with Crippen molar-refractivity contribution in [3.05, 3.63) is 54.1 Å². The number of fused-ring (bicyclic) bond motifs is 1. The highest BCUT2D eigenvalue weighted by Gasteiger charge is 2.79. The predicted molar refractivity (Wildman–Crippen MR) is 154 cm³/mol. The summed E-state index contributed by atoms with van der Waals surface area (Å²) in [7, 11) is 0. The molecule has 2 unspecified atom stereocenters. The van der Waals surface area contributed by atoms with Gasteiger partial charge in [0.15, 0.2) is 0 Å². The maximum absolute atomic E-state index is 14.7. The number of esters is 1. The van der Waals surface area contributed by atoms with Crippen LogP contribution in [0.3, 0.4) is 0 Å². The SMILES string of the molecule is C=CCCCCOC(=O)[C@@H]1[C@H]2C(=O)N([C@@H](CC)CO)C(C(=O)N(CC=C)c3c(C)cccc3Cl)C23CC[C@@]1(C)O3. The molecule has 0 saturated carbocycles. The van der Waals surface area contributed by atoms with E-state index in [0.717, 1.165) is 18.4 Å². The van der Waals surface area contributed by atoms with E-state index in [2.05, 4.69) is 13.2 Å². The Morgan fingerprint density at radius 2 is 2.05 bits per heavy atom. The molecule has 3 aliphatic heterocycles. The fourth-order valence-corrected chi connectivity index (χ4v) is 7.32. The number of hydrogen-bond acceptors (Lipinski definition) is 6. The number of hydrogen-bond donors (Lipinski definition) is 1. The highest BCUT2D eigenvalue weighted by molar-refractivity contribution is 6.34. The summed E-state index contributed by atoms with van der Waals surface area (Å²) >= 11 is 6.60. The average molecular weight is 573 g/mol. The van der Waals surface area contributed by atoms with Crippen LogP contribution in [0.4, 0.5) is 5.69 Å². The lowest BCUT2D eigenvalue weighted by Gasteiger charge is -2.39. The van der Waals surface area contributed by atoms with Gasteiger partial charge in [-0.2, -0.15) is 0 Å². The number of amides is 2. The fraction of sp³-hybridized carbons (Fsp3) is 0.581. The minimum Gasteiger partial charge on any atom is -0.465 e. The molecule has 9 heteroatoms. The number of rotatable bonds is 13. The first-order valence-electron chi connectivity index (χ1n) is 14.2. The van der Waals surface area contributed by atoms with Gasteiger partial charge in [-0.3, -0.25) is 14.4 Å². The number of allylic oxidation sites excluding steroid dienone is 1. The Morgan fingerprint density at radius 3 is 2.67 bits per heavy atom. The number of ether oxygens (including phenoxy) is 2. The van der Waals surface area contributed by atoms with Crippen LogP contribution in [0, 0.1) is 18.8 Å². The van der Waals surface area contributed by atoms with E-state index in [1.165, 1.54) is 4.90 Å². The lowest BCUT2D eigenvalue weighted by molar-refractivity contribution is -0.160. The molecule has 1 N–H and O–H groups in total. The first kappa shape index (κ1) is 30.3. The first-order valence-corrected chi connectivity index (χ1v) is 14.6. The number of halogens is 1. The lowest BCUT2D eigenvalue weighted by Crippen LogP contribution is -2.59. The molecule has 4 rings (SSSR count). The van der Waals surface area contributed by atoms with Gasteiger partial charge in [0.2, 0.25) is 5.91 Å². The van der Waals surface area contributed by atoms with Crippen molar-refractivity contribution in [3.8, 4) is 0 Å². The van der Waals surface area contributed by atoms with Crippen molar-refractivity contribution in [1.29, 1.82) is 0 Å². The molecule has 218 valence electrons. The van der Waals surface area contributed by atoms with E-state index in [9.17, 15) is 19.5 Å². The van der Waals surface area contributed by atoms with Gasteiger partial charge in [0.1, 0.15) is 17.6 Å². The van der Waals surface area contributed by atoms with E-state index in [1.807, 2.05) is 39.0 Å². The van der Waals surface area contributed by atoms with E-state index in [4.69, 9.17) is 21.1 Å². The normalized spacial score (nSPS) is 29.3. The van der Waals surface area contributed by atoms with Crippen molar-refractivity contribution in [2.45, 2.75) is 82.6 Å². The number of unbranched alkanes of at least 4 members (excludes halogenated alkanes) is 2. The molecule has 0 radical (unpaired) electrons. The Hall–Kier alpha value is -2.68. The molecule has 1 aromatic rings. The quantitative estimate of drug-likeness (QED) is 0.211. The number of anilines is 1. The second-order valence-corrected chi connectivity index (χ2v) is 11.7. The Labute approximate surface area is 241 Å². The number of likely N-dealkylation sites (tertiary alicyclic amines) is 1. The first-order chi connectivity index (χ1) is 19.1. The van der Waals surface area contributed by atoms with Crippen LogP contribution in [0.2, 0.25) is 5.02 Å². The van der Waals surface area contributed by atoms with Crippen molar-refractivity contribution in [3.63, 3.8) is 0 Å². The number of para-hydroxylation sites is 1. The van der Waals surface area contributed by atoms with E-state index in [0.29, 0.717) is 36.4 Å². The third kappa shape index (κ3) is 4.88. The number of carbonyl (C=O) groups is 3. The van der Waals surface area contributed by atoms with Crippen LogP contribution < -0.4 is 4.90 Å². The molecule has 1 spiro atoms. The summed E-state index contributed by atoms with van der Waals surface area (Å²) in [6, 6.07) is 3.72. The number of benzene rings is 1. The molecule has 3 heterocycles. The molecule has 6 atom stereocenters. The smallest absolute Gasteiger partial charge is 0.312 e. The van der Waals surface area contributed by atoms with Gasteiger partial charge in [0.25, 0.3) is 5.91 Å². The van der Waals surface area contributed by atoms with Gasteiger partial charge in [-0.15, -0.1) is 13.2 Å². The van der Waals surface area contributed by atoms with Gasteiger partial charge in [0, 0.05) is 6.54 Å². The van der Waals surface area contributed by atoms with Crippen LogP contribution in [-0.4, -0.2) is 70.8 Å². The zero-order valence-electron chi connectivity index (χ0n) is 23.7. The standard InChI is InChI=1S/C31H41ClN2O6/c1-6-9-10-11-18-39-29(38)24-23-27(36)34(21(8-3)19-35)26(31(23)16-15-30(24,5)40-31)28(37)33(17-7-2)25-20(4)13-12-14-22(25)32/h6-7,12-14,21,23-24,26,35H,1-2,8-11,15-19H2,3-5H3/t21-,23-,24-,26?,30+,31?/m0/s1. The summed E-state index contributed by atoms with van der Waals surface area (Å²) in [5.74, 6) is -2.94. The van der Waals surface area contributed by atoms with Crippen molar-refractivity contribution >= 4 is 35.1 Å². The van der Waals surface area contributed by atoms with E-state index in [1.54, 1.807) is 17.0 Å². The molecule has 40 heavy (non-hydrogen) atoms. The molecular formula is C31H41ClN2O6.